The Morgan fingerprint density at radius 2 is 2.17 bits per heavy atom. The Balaban J connectivity index is 2.40. The zero-order valence-corrected chi connectivity index (χ0v) is 12.8. The van der Waals surface area contributed by atoms with Crippen LogP contribution in [0, 0.1) is 6.92 Å². The molecule has 0 aliphatic rings. The highest BCUT2D eigenvalue weighted by Gasteiger charge is 2.08. The van der Waals surface area contributed by atoms with E-state index < -0.39 is 0 Å². The summed E-state index contributed by atoms with van der Waals surface area (Å²) in [5.41, 5.74) is 2.50. The lowest BCUT2D eigenvalue weighted by Gasteiger charge is -2.16. The van der Waals surface area contributed by atoms with E-state index in [9.17, 15) is 5.11 Å². The number of aliphatic hydroxyl groups is 1. The molecule has 18 heavy (non-hydrogen) atoms. The molecule has 1 rings (SSSR count). The maximum Gasteiger partial charge on any atom is 0.0785 e. The summed E-state index contributed by atoms with van der Waals surface area (Å²) < 4.78 is 6.02. The highest BCUT2D eigenvalue weighted by atomic mass is 79.9. The van der Waals surface area contributed by atoms with Gasteiger partial charge < -0.3 is 15.2 Å². The summed E-state index contributed by atoms with van der Waals surface area (Å²) in [6.45, 7) is 5.39. The maximum atomic E-state index is 9.54. The lowest BCUT2D eigenvalue weighted by Crippen LogP contribution is -2.25. The first kappa shape index (κ1) is 15.6. The van der Waals surface area contributed by atoms with Gasteiger partial charge in [-0.3, -0.25) is 0 Å². The minimum Gasteiger partial charge on any atom is -0.391 e. The van der Waals surface area contributed by atoms with Crippen LogP contribution in [0.4, 0.5) is 0 Å². The smallest absolute Gasteiger partial charge is 0.0785 e. The number of benzene rings is 1. The van der Waals surface area contributed by atoms with Crippen LogP contribution in [0.1, 0.15) is 30.5 Å². The van der Waals surface area contributed by atoms with Gasteiger partial charge >= 0.3 is 0 Å². The zero-order chi connectivity index (χ0) is 13.5. The molecule has 0 heterocycles. The number of aliphatic hydroxyl groups excluding tert-OH is 1. The van der Waals surface area contributed by atoms with Gasteiger partial charge in [-0.25, -0.2) is 0 Å². The number of hydrogen-bond donors (Lipinski definition) is 2. The first-order valence-electron chi connectivity index (χ1n) is 6.21. The molecule has 0 saturated carbocycles. The second-order valence-electron chi connectivity index (χ2n) is 4.58. The van der Waals surface area contributed by atoms with Crippen molar-refractivity contribution in [2.45, 2.75) is 32.4 Å². The second-order valence-corrected chi connectivity index (χ2v) is 5.44. The SMILES string of the molecule is COCC(O)CCNC(C)c1ccc(Br)c(C)c1. The molecule has 1 aromatic carbocycles. The van der Waals surface area contributed by atoms with Gasteiger partial charge in [-0.05, 0) is 44.0 Å². The summed E-state index contributed by atoms with van der Waals surface area (Å²) in [4.78, 5) is 0. The van der Waals surface area contributed by atoms with Crippen LogP contribution >= 0.6 is 15.9 Å². The van der Waals surface area contributed by atoms with E-state index in [2.05, 4.69) is 53.3 Å². The highest BCUT2D eigenvalue weighted by Crippen LogP contribution is 2.21. The van der Waals surface area contributed by atoms with Gasteiger partial charge in [-0.2, -0.15) is 0 Å². The molecule has 102 valence electrons. The molecule has 2 atom stereocenters. The third kappa shape index (κ3) is 5.06. The van der Waals surface area contributed by atoms with Gasteiger partial charge in [0.2, 0.25) is 0 Å². The van der Waals surface area contributed by atoms with E-state index in [1.807, 2.05) is 0 Å². The summed E-state index contributed by atoms with van der Waals surface area (Å²) in [6.07, 6.45) is 0.314. The quantitative estimate of drug-likeness (QED) is 0.813. The van der Waals surface area contributed by atoms with E-state index in [-0.39, 0.29) is 12.1 Å². The normalized spacial score (nSPS) is 14.5. The van der Waals surface area contributed by atoms with Crippen LogP contribution in [0.5, 0.6) is 0 Å². The van der Waals surface area contributed by atoms with Crippen molar-refractivity contribution in [1.82, 2.24) is 5.32 Å². The van der Waals surface area contributed by atoms with Crippen molar-refractivity contribution in [2.24, 2.45) is 0 Å². The zero-order valence-electron chi connectivity index (χ0n) is 11.2. The van der Waals surface area contributed by atoms with Gasteiger partial charge in [0.15, 0.2) is 0 Å². The fraction of sp³-hybridized carbons (Fsp3) is 0.571. The highest BCUT2D eigenvalue weighted by molar-refractivity contribution is 9.10. The molecule has 3 nitrogen and oxygen atoms in total. The van der Waals surface area contributed by atoms with Crippen molar-refractivity contribution in [3.05, 3.63) is 33.8 Å². The Labute approximate surface area is 118 Å². The average molecular weight is 316 g/mol. The van der Waals surface area contributed by atoms with E-state index in [0.29, 0.717) is 13.0 Å². The minimum absolute atomic E-state index is 0.284. The molecule has 0 spiro atoms. The second kappa shape index (κ2) is 7.89. The molecule has 0 aliphatic carbocycles. The summed E-state index contributed by atoms with van der Waals surface area (Å²) in [7, 11) is 1.60. The van der Waals surface area contributed by atoms with E-state index in [1.165, 1.54) is 11.1 Å². The van der Waals surface area contributed by atoms with E-state index in [0.717, 1.165) is 11.0 Å². The van der Waals surface area contributed by atoms with E-state index >= 15 is 0 Å². The largest absolute Gasteiger partial charge is 0.391 e. The van der Waals surface area contributed by atoms with Crippen molar-refractivity contribution in [2.75, 3.05) is 20.3 Å². The van der Waals surface area contributed by atoms with Crippen molar-refractivity contribution < 1.29 is 9.84 Å². The van der Waals surface area contributed by atoms with Crippen molar-refractivity contribution in [3.63, 3.8) is 0 Å². The number of halogens is 1. The number of methoxy groups -OCH3 is 1. The molecule has 4 heteroatoms. The predicted molar refractivity (Wildman–Crippen MR) is 77.8 cm³/mol. The third-order valence-electron chi connectivity index (χ3n) is 2.97. The van der Waals surface area contributed by atoms with E-state index in [4.69, 9.17) is 4.74 Å². The van der Waals surface area contributed by atoms with E-state index in [1.54, 1.807) is 7.11 Å². The Bertz CT molecular complexity index is 371. The average Bonchev–Trinajstić information content (AvgIpc) is 2.33. The van der Waals surface area contributed by atoms with Crippen LogP contribution in [-0.2, 0) is 4.74 Å². The molecule has 0 bridgehead atoms. The molecular weight excluding hydrogens is 294 g/mol. The monoisotopic (exact) mass is 315 g/mol. The Kier molecular flexibility index (Phi) is 6.86. The Hall–Kier alpha value is -0.420. The van der Waals surface area contributed by atoms with Crippen LogP contribution in [0.2, 0.25) is 0 Å². The third-order valence-corrected chi connectivity index (χ3v) is 3.86. The summed E-state index contributed by atoms with van der Waals surface area (Å²) >= 11 is 3.50. The van der Waals surface area contributed by atoms with Crippen LogP contribution in [0.3, 0.4) is 0 Å². The molecule has 0 radical (unpaired) electrons. The maximum absolute atomic E-state index is 9.54. The van der Waals surface area contributed by atoms with Crippen molar-refractivity contribution >= 4 is 15.9 Å². The standard InChI is InChI=1S/C14H22BrNO2/c1-10-8-12(4-5-14(10)15)11(2)16-7-6-13(17)9-18-3/h4-5,8,11,13,16-17H,6-7,9H2,1-3H3. The molecule has 1 aromatic rings. The number of nitrogens with one attached hydrogen (secondary N) is 1. The topological polar surface area (TPSA) is 41.5 Å². The van der Waals surface area contributed by atoms with Gasteiger partial charge in [-0.1, -0.05) is 28.1 Å². The van der Waals surface area contributed by atoms with Crippen LogP contribution in [0.25, 0.3) is 0 Å². The molecule has 2 unspecified atom stereocenters. The lowest BCUT2D eigenvalue weighted by atomic mass is 10.1. The summed E-state index contributed by atoms with van der Waals surface area (Å²) in [5.74, 6) is 0. The van der Waals surface area contributed by atoms with Gasteiger partial charge in [-0.15, -0.1) is 0 Å². The molecule has 0 fully saturated rings. The number of aryl methyl sites for hydroxylation is 1. The first-order valence-corrected chi connectivity index (χ1v) is 7.00. The van der Waals surface area contributed by atoms with Gasteiger partial charge in [0.25, 0.3) is 0 Å². The molecular formula is C14H22BrNO2. The van der Waals surface area contributed by atoms with Crippen LogP contribution in [0.15, 0.2) is 22.7 Å². The summed E-state index contributed by atoms with van der Waals surface area (Å²) in [5, 5.41) is 12.9. The number of ether oxygens (including phenoxy) is 1. The number of rotatable bonds is 7. The minimum atomic E-state index is -0.388. The Morgan fingerprint density at radius 3 is 2.78 bits per heavy atom. The molecule has 0 aromatic heterocycles. The molecule has 0 saturated heterocycles. The van der Waals surface area contributed by atoms with Crippen molar-refractivity contribution in [1.29, 1.82) is 0 Å². The predicted octanol–water partition coefficient (Wildman–Crippen LogP) is 2.81. The lowest BCUT2D eigenvalue weighted by molar-refractivity contribution is 0.0590. The fourth-order valence-electron chi connectivity index (χ4n) is 1.80. The number of hydrogen-bond acceptors (Lipinski definition) is 3. The fourth-order valence-corrected chi connectivity index (χ4v) is 2.04. The van der Waals surface area contributed by atoms with Gasteiger partial charge in [0, 0.05) is 17.6 Å². The van der Waals surface area contributed by atoms with Gasteiger partial charge in [0.05, 0.1) is 12.7 Å². The molecule has 0 amide bonds. The molecule has 2 N–H and O–H groups in total. The summed E-state index contributed by atoms with van der Waals surface area (Å²) in [6, 6.07) is 6.64. The molecule has 0 aliphatic heterocycles. The van der Waals surface area contributed by atoms with Crippen LogP contribution in [-0.4, -0.2) is 31.5 Å². The van der Waals surface area contributed by atoms with Crippen LogP contribution < -0.4 is 5.32 Å². The van der Waals surface area contributed by atoms with Crippen molar-refractivity contribution in [3.8, 4) is 0 Å². The first-order chi connectivity index (χ1) is 8.54. The van der Waals surface area contributed by atoms with Gasteiger partial charge in [0.1, 0.15) is 0 Å². The Morgan fingerprint density at radius 1 is 1.44 bits per heavy atom.